The van der Waals surface area contributed by atoms with Gasteiger partial charge in [-0.1, -0.05) is 0 Å². The molecule has 0 amide bonds. The van der Waals surface area contributed by atoms with E-state index in [1.165, 1.54) is 0 Å². The summed E-state index contributed by atoms with van der Waals surface area (Å²) in [6.07, 6.45) is 1.74. The number of benzene rings is 2. The molecule has 0 radical (unpaired) electrons. The second kappa shape index (κ2) is 7.36. The number of rotatable bonds is 6. The summed E-state index contributed by atoms with van der Waals surface area (Å²) in [4.78, 5) is 4.45. The first-order valence-corrected chi connectivity index (χ1v) is 6.70. The molecule has 2 aromatic rings. The van der Waals surface area contributed by atoms with E-state index in [4.69, 9.17) is 18.9 Å². The zero-order valence-electron chi connectivity index (χ0n) is 13.1. The van der Waals surface area contributed by atoms with Gasteiger partial charge in [-0.3, -0.25) is 4.99 Å². The molecule has 0 fully saturated rings. The van der Waals surface area contributed by atoms with Crippen LogP contribution in [0.25, 0.3) is 0 Å². The van der Waals surface area contributed by atoms with Gasteiger partial charge in [0.05, 0.1) is 28.4 Å². The van der Waals surface area contributed by atoms with E-state index in [9.17, 15) is 0 Å². The molecule has 5 nitrogen and oxygen atoms in total. The van der Waals surface area contributed by atoms with Crippen molar-refractivity contribution >= 4 is 11.9 Å². The molecule has 0 spiro atoms. The van der Waals surface area contributed by atoms with Crippen LogP contribution < -0.4 is 18.9 Å². The predicted octanol–water partition coefficient (Wildman–Crippen LogP) is 3.47. The van der Waals surface area contributed by atoms with Crippen LogP contribution in [0.3, 0.4) is 0 Å². The van der Waals surface area contributed by atoms with Crippen molar-refractivity contribution in [2.24, 2.45) is 4.99 Å². The zero-order valence-corrected chi connectivity index (χ0v) is 13.1. The van der Waals surface area contributed by atoms with Crippen molar-refractivity contribution in [3.63, 3.8) is 0 Å². The van der Waals surface area contributed by atoms with Gasteiger partial charge in [0.1, 0.15) is 17.2 Å². The molecule has 0 heterocycles. The predicted molar refractivity (Wildman–Crippen MR) is 86.3 cm³/mol. The Balaban J connectivity index is 2.28. The number of hydrogen-bond acceptors (Lipinski definition) is 5. The Hall–Kier alpha value is -2.69. The van der Waals surface area contributed by atoms with Crippen molar-refractivity contribution in [2.45, 2.75) is 0 Å². The molecule has 116 valence electrons. The lowest BCUT2D eigenvalue weighted by Crippen LogP contribution is -1.92. The first-order valence-electron chi connectivity index (χ1n) is 6.70. The average Bonchev–Trinajstić information content (AvgIpc) is 2.59. The molecule has 2 aromatic carbocycles. The van der Waals surface area contributed by atoms with Crippen LogP contribution in [0.15, 0.2) is 41.4 Å². The van der Waals surface area contributed by atoms with E-state index in [0.717, 1.165) is 17.0 Å². The third-order valence-corrected chi connectivity index (χ3v) is 3.15. The Labute approximate surface area is 130 Å². The lowest BCUT2D eigenvalue weighted by atomic mass is 10.2. The molecule has 0 atom stereocenters. The monoisotopic (exact) mass is 301 g/mol. The van der Waals surface area contributed by atoms with Crippen LogP contribution in [-0.2, 0) is 0 Å². The summed E-state index contributed by atoms with van der Waals surface area (Å²) in [5, 5.41) is 0. The van der Waals surface area contributed by atoms with E-state index in [1.807, 2.05) is 30.3 Å². The van der Waals surface area contributed by atoms with E-state index in [2.05, 4.69) is 4.99 Å². The summed E-state index contributed by atoms with van der Waals surface area (Å²) in [5.74, 6) is 2.72. The maximum absolute atomic E-state index is 5.32. The van der Waals surface area contributed by atoms with E-state index in [0.29, 0.717) is 17.2 Å². The number of nitrogens with zero attached hydrogens (tertiary/aromatic N) is 1. The average molecular weight is 301 g/mol. The third-order valence-electron chi connectivity index (χ3n) is 3.15. The third kappa shape index (κ3) is 3.49. The molecule has 22 heavy (non-hydrogen) atoms. The van der Waals surface area contributed by atoms with Gasteiger partial charge >= 0.3 is 0 Å². The molecule has 0 aliphatic rings. The number of hydrogen-bond donors (Lipinski definition) is 0. The number of aliphatic imine (C=N–C) groups is 1. The maximum Gasteiger partial charge on any atom is 0.161 e. The van der Waals surface area contributed by atoms with Crippen molar-refractivity contribution in [1.82, 2.24) is 0 Å². The first kappa shape index (κ1) is 15.7. The number of methoxy groups -OCH3 is 4. The summed E-state index contributed by atoms with van der Waals surface area (Å²) in [6, 6.07) is 11.1. The van der Waals surface area contributed by atoms with Crippen LogP contribution in [0.1, 0.15) is 5.56 Å². The molecule has 2 rings (SSSR count). The highest BCUT2D eigenvalue weighted by Crippen LogP contribution is 2.32. The normalized spacial score (nSPS) is 10.5. The van der Waals surface area contributed by atoms with Crippen LogP contribution in [0, 0.1) is 0 Å². The quantitative estimate of drug-likeness (QED) is 0.767. The molecule has 5 heteroatoms. The van der Waals surface area contributed by atoms with Gasteiger partial charge in [0, 0.05) is 12.3 Å². The number of ether oxygens (including phenoxy) is 4. The Kier molecular flexibility index (Phi) is 5.25. The minimum Gasteiger partial charge on any atom is -0.497 e. The van der Waals surface area contributed by atoms with E-state index in [1.54, 1.807) is 40.7 Å². The van der Waals surface area contributed by atoms with Gasteiger partial charge in [0.2, 0.25) is 0 Å². The Morgan fingerprint density at radius 2 is 1.45 bits per heavy atom. The highest BCUT2D eigenvalue weighted by Gasteiger charge is 2.05. The molecule has 0 bridgehead atoms. The minimum absolute atomic E-state index is 0.649. The highest BCUT2D eigenvalue weighted by atomic mass is 16.5. The Bertz CT molecular complexity index is 668. The summed E-state index contributed by atoms with van der Waals surface area (Å²) >= 11 is 0. The molecule has 0 N–H and O–H groups in total. The standard InChI is InChI=1S/C17H19NO4/c1-19-13-6-7-14(16(10-13)21-3)18-11-12-5-8-15(20-2)17(9-12)22-4/h5-11H,1-4H3. The maximum atomic E-state index is 5.32. The largest absolute Gasteiger partial charge is 0.497 e. The van der Waals surface area contributed by atoms with Gasteiger partial charge < -0.3 is 18.9 Å². The second-order valence-electron chi connectivity index (χ2n) is 4.41. The van der Waals surface area contributed by atoms with E-state index < -0.39 is 0 Å². The fourth-order valence-electron chi connectivity index (χ4n) is 1.97. The van der Waals surface area contributed by atoms with Crippen LogP contribution in [0.4, 0.5) is 5.69 Å². The van der Waals surface area contributed by atoms with Crippen LogP contribution >= 0.6 is 0 Å². The van der Waals surface area contributed by atoms with Crippen molar-refractivity contribution in [1.29, 1.82) is 0 Å². The van der Waals surface area contributed by atoms with Gasteiger partial charge in [-0.05, 0) is 35.9 Å². The molecule has 0 aliphatic carbocycles. The van der Waals surface area contributed by atoms with Gasteiger partial charge in [0.15, 0.2) is 11.5 Å². The molecule has 0 aromatic heterocycles. The zero-order chi connectivity index (χ0) is 15.9. The minimum atomic E-state index is 0.649. The Morgan fingerprint density at radius 3 is 2.09 bits per heavy atom. The lowest BCUT2D eigenvalue weighted by molar-refractivity contribution is 0.355. The van der Waals surface area contributed by atoms with Crippen molar-refractivity contribution in [3.8, 4) is 23.0 Å². The Morgan fingerprint density at radius 1 is 0.727 bits per heavy atom. The van der Waals surface area contributed by atoms with Crippen LogP contribution in [0.2, 0.25) is 0 Å². The highest BCUT2D eigenvalue weighted by molar-refractivity contribution is 5.84. The van der Waals surface area contributed by atoms with Crippen molar-refractivity contribution < 1.29 is 18.9 Å². The topological polar surface area (TPSA) is 49.3 Å². The van der Waals surface area contributed by atoms with Gasteiger partial charge in [0.25, 0.3) is 0 Å². The van der Waals surface area contributed by atoms with E-state index in [-0.39, 0.29) is 0 Å². The summed E-state index contributed by atoms with van der Waals surface area (Å²) in [5.41, 5.74) is 1.62. The summed E-state index contributed by atoms with van der Waals surface area (Å²) in [6.45, 7) is 0. The lowest BCUT2D eigenvalue weighted by Gasteiger charge is -2.08. The fraction of sp³-hybridized carbons (Fsp3) is 0.235. The van der Waals surface area contributed by atoms with E-state index >= 15 is 0 Å². The fourth-order valence-corrected chi connectivity index (χ4v) is 1.97. The molecule has 0 unspecified atom stereocenters. The molecule has 0 aliphatic heterocycles. The van der Waals surface area contributed by atoms with Gasteiger partial charge in [-0.15, -0.1) is 0 Å². The first-order chi connectivity index (χ1) is 10.7. The molecular formula is C17H19NO4. The summed E-state index contributed by atoms with van der Waals surface area (Å²) in [7, 11) is 6.42. The molecular weight excluding hydrogens is 282 g/mol. The smallest absolute Gasteiger partial charge is 0.161 e. The van der Waals surface area contributed by atoms with Gasteiger partial charge in [-0.2, -0.15) is 0 Å². The molecule has 0 saturated heterocycles. The summed E-state index contributed by atoms with van der Waals surface area (Å²) < 4.78 is 21.0. The second-order valence-corrected chi connectivity index (χ2v) is 4.41. The van der Waals surface area contributed by atoms with Crippen LogP contribution in [0.5, 0.6) is 23.0 Å². The van der Waals surface area contributed by atoms with Gasteiger partial charge in [-0.25, -0.2) is 0 Å². The van der Waals surface area contributed by atoms with Crippen molar-refractivity contribution in [3.05, 3.63) is 42.0 Å². The SMILES string of the molecule is COc1ccc(N=Cc2ccc(OC)c(OC)c2)c(OC)c1. The van der Waals surface area contributed by atoms with Crippen LogP contribution in [-0.4, -0.2) is 34.7 Å². The van der Waals surface area contributed by atoms with Crippen molar-refractivity contribution in [2.75, 3.05) is 28.4 Å². The molecule has 0 saturated carbocycles.